The van der Waals surface area contributed by atoms with E-state index < -0.39 is 0 Å². The van der Waals surface area contributed by atoms with Crippen molar-refractivity contribution in [1.82, 2.24) is 10.3 Å². The van der Waals surface area contributed by atoms with Crippen LogP contribution in [0.2, 0.25) is 0 Å². The highest BCUT2D eigenvalue weighted by atomic mass is 16.5. The number of pyridine rings is 1. The standard InChI is InChI=1S/C13H18N2O/c1-3-5-6-9-16-13-8-7-12(15-11-13)10-14-4-2/h7-8,11,14H,4,6,9-10H2,1-2H3. The Labute approximate surface area is 97.2 Å². The minimum atomic E-state index is 0.620. The van der Waals surface area contributed by atoms with E-state index in [0.29, 0.717) is 6.61 Å². The van der Waals surface area contributed by atoms with Gasteiger partial charge in [0.2, 0.25) is 0 Å². The van der Waals surface area contributed by atoms with Crippen LogP contribution in [0.15, 0.2) is 18.3 Å². The minimum absolute atomic E-state index is 0.620. The van der Waals surface area contributed by atoms with Gasteiger partial charge in [0, 0.05) is 13.0 Å². The van der Waals surface area contributed by atoms with Gasteiger partial charge in [-0.05, 0) is 25.6 Å². The zero-order valence-corrected chi connectivity index (χ0v) is 9.92. The van der Waals surface area contributed by atoms with Gasteiger partial charge in [0.25, 0.3) is 0 Å². The molecule has 1 aromatic rings. The van der Waals surface area contributed by atoms with Crippen molar-refractivity contribution in [3.8, 4) is 17.6 Å². The van der Waals surface area contributed by atoms with Crippen LogP contribution in [0.25, 0.3) is 0 Å². The summed E-state index contributed by atoms with van der Waals surface area (Å²) in [5, 5.41) is 3.22. The average Bonchev–Trinajstić information content (AvgIpc) is 2.33. The highest BCUT2D eigenvalue weighted by Crippen LogP contribution is 2.09. The van der Waals surface area contributed by atoms with E-state index in [0.717, 1.165) is 31.0 Å². The van der Waals surface area contributed by atoms with Crippen LogP contribution in [0.1, 0.15) is 26.0 Å². The quantitative estimate of drug-likeness (QED) is 0.585. The van der Waals surface area contributed by atoms with Crippen LogP contribution in [0.3, 0.4) is 0 Å². The second-order valence-corrected chi connectivity index (χ2v) is 3.29. The molecule has 0 bridgehead atoms. The van der Waals surface area contributed by atoms with E-state index in [9.17, 15) is 0 Å². The van der Waals surface area contributed by atoms with Crippen molar-refractivity contribution in [2.75, 3.05) is 13.2 Å². The molecule has 16 heavy (non-hydrogen) atoms. The average molecular weight is 218 g/mol. The molecule has 0 aliphatic rings. The Morgan fingerprint density at radius 3 is 2.94 bits per heavy atom. The van der Waals surface area contributed by atoms with Crippen molar-refractivity contribution in [3.63, 3.8) is 0 Å². The van der Waals surface area contributed by atoms with Gasteiger partial charge in [0.15, 0.2) is 0 Å². The van der Waals surface area contributed by atoms with Crippen molar-refractivity contribution in [2.24, 2.45) is 0 Å². The molecule has 86 valence electrons. The molecule has 0 aromatic carbocycles. The molecule has 0 spiro atoms. The maximum atomic E-state index is 5.48. The number of nitrogens with zero attached hydrogens (tertiary/aromatic N) is 1. The Morgan fingerprint density at radius 2 is 2.31 bits per heavy atom. The Morgan fingerprint density at radius 1 is 1.44 bits per heavy atom. The van der Waals surface area contributed by atoms with Crippen LogP contribution in [-0.4, -0.2) is 18.1 Å². The Balaban J connectivity index is 2.34. The number of hydrogen-bond donors (Lipinski definition) is 1. The molecule has 3 nitrogen and oxygen atoms in total. The van der Waals surface area contributed by atoms with E-state index in [2.05, 4.69) is 29.1 Å². The third-order valence-electron chi connectivity index (χ3n) is 2.03. The summed E-state index contributed by atoms with van der Waals surface area (Å²) in [6.45, 7) is 6.28. The van der Waals surface area contributed by atoms with Gasteiger partial charge in [0.1, 0.15) is 5.75 Å². The molecule has 0 unspecified atom stereocenters. The smallest absolute Gasteiger partial charge is 0.137 e. The first-order chi connectivity index (χ1) is 7.86. The van der Waals surface area contributed by atoms with E-state index in [-0.39, 0.29) is 0 Å². The third kappa shape index (κ3) is 4.81. The van der Waals surface area contributed by atoms with E-state index in [1.165, 1.54) is 0 Å². The van der Waals surface area contributed by atoms with Crippen LogP contribution in [0, 0.1) is 11.8 Å². The number of ether oxygens (including phenoxy) is 1. The van der Waals surface area contributed by atoms with Gasteiger partial charge in [-0.25, -0.2) is 0 Å². The van der Waals surface area contributed by atoms with Gasteiger partial charge in [-0.15, -0.1) is 11.8 Å². The molecule has 0 fully saturated rings. The molecule has 0 saturated carbocycles. The molecule has 0 saturated heterocycles. The van der Waals surface area contributed by atoms with E-state index >= 15 is 0 Å². The predicted octanol–water partition coefficient (Wildman–Crippen LogP) is 1.98. The molecule has 0 radical (unpaired) electrons. The number of rotatable bonds is 6. The first kappa shape index (κ1) is 12.5. The lowest BCUT2D eigenvalue weighted by molar-refractivity contribution is 0.325. The first-order valence-corrected chi connectivity index (χ1v) is 5.55. The lowest BCUT2D eigenvalue weighted by Gasteiger charge is -2.05. The maximum absolute atomic E-state index is 5.48. The summed E-state index contributed by atoms with van der Waals surface area (Å²) in [7, 11) is 0. The van der Waals surface area contributed by atoms with Gasteiger partial charge in [-0.3, -0.25) is 4.98 Å². The van der Waals surface area contributed by atoms with Crippen LogP contribution >= 0.6 is 0 Å². The normalized spacial score (nSPS) is 9.38. The molecule has 1 aromatic heterocycles. The summed E-state index contributed by atoms with van der Waals surface area (Å²) < 4.78 is 5.48. The van der Waals surface area contributed by atoms with Gasteiger partial charge in [0.05, 0.1) is 18.5 Å². The molecule has 1 heterocycles. The highest BCUT2D eigenvalue weighted by Gasteiger charge is 1.95. The Hall–Kier alpha value is -1.53. The summed E-state index contributed by atoms with van der Waals surface area (Å²) in [5.74, 6) is 6.59. The zero-order chi connectivity index (χ0) is 11.6. The van der Waals surface area contributed by atoms with Crippen molar-refractivity contribution in [2.45, 2.75) is 26.8 Å². The molecular formula is C13H18N2O. The fourth-order valence-corrected chi connectivity index (χ4v) is 1.20. The Kier molecular flexibility index (Phi) is 6.05. The second kappa shape index (κ2) is 7.72. The number of hydrogen-bond acceptors (Lipinski definition) is 3. The summed E-state index contributed by atoms with van der Waals surface area (Å²) in [6, 6.07) is 3.92. The lowest BCUT2D eigenvalue weighted by atomic mass is 10.3. The van der Waals surface area contributed by atoms with Gasteiger partial charge in [-0.1, -0.05) is 6.92 Å². The summed E-state index contributed by atoms with van der Waals surface area (Å²) in [4.78, 5) is 4.29. The van der Waals surface area contributed by atoms with Gasteiger partial charge < -0.3 is 10.1 Å². The van der Waals surface area contributed by atoms with Crippen molar-refractivity contribution in [1.29, 1.82) is 0 Å². The molecule has 0 amide bonds. The summed E-state index contributed by atoms with van der Waals surface area (Å²) in [5.41, 5.74) is 1.03. The predicted molar refractivity (Wildman–Crippen MR) is 65.2 cm³/mol. The SMILES string of the molecule is CC#CCCOc1ccc(CNCC)nc1. The van der Waals surface area contributed by atoms with Crippen LogP contribution in [0.4, 0.5) is 0 Å². The first-order valence-electron chi connectivity index (χ1n) is 5.55. The van der Waals surface area contributed by atoms with E-state index in [1.807, 2.05) is 19.1 Å². The van der Waals surface area contributed by atoms with Crippen LogP contribution in [-0.2, 0) is 6.54 Å². The number of nitrogens with one attached hydrogen (secondary N) is 1. The molecule has 0 atom stereocenters. The molecular weight excluding hydrogens is 200 g/mol. The van der Waals surface area contributed by atoms with Crippen molar-refractivity contribution in [3.05, 3.63) is 24.0 Å². The second-order valence-electron chi connectivity index (χ2n) is 3.29. The van der Waals surface area contributed by atoms with Crippen LogP contribution < -0.4 is 10.1 Å². The highest BCUT2D eigenvalue weighted by molar-refractivity contribution is 5.19. The van der Waals surface area contributed by atoms with Crippen LogP contribution in [0.5, 0.6) is 5.75 Å². The molecule has 1 rings (SSSR count). The van der Waals surface area contributed by atoms with Crippen molar-refractivity contribution < 1.29 is 4.74 Å². The zero-order valence-electron chi connectivity index (χ0n) is 9.92. The molecule has 1 N–H and O–H groups in total. The van der Waals surface area contributed by atoms with Crippen molar-refractivity contribution >= 4 is 0 Å². The van der Waals surface area contributed by atoms with Gasteiger partial charge in [-0.2, -0.15) is 0 Å². The fraction of sp³-hybridized carbons (Fsp3) is 0.462. The molecule has 0 aliphatic heterocycles. The largest absolute Gasteiger partial charge is 0.491 e. The van der Waals surface area contributed by atoms with E-state index in [1.54, 1.807) is 6.20 Å². The number of aromatic nitrogens is 1. The summed E-state index contributed by atoms with van der Waals surface area (Å²) >= 11 is 0. The maximum Gasteiger partial charge on any atom is 0.137 e. The topological polar surface area (TPSA) is 34.1 Å². The van der Waals surface area contributed by atoms with Gasteiger partial charge >= 0.3 is 0 Å². The van der Waals surface area contributed by atoms with E-state index in [4.69, 9.17) is 4.74 Å². The fourth-order valence-electron chi connectivity index (χ4n) is 1.20. The molecule has 3 heteroatoms. The lowest BCUT2D eigenvalue weighted by Crippen LogP contribution is -2.12. The third-order valence-corrected chi connectivity index (χ3v) is 2.03. The summed E-state index contributed by atoms with van der Waals surface area (Å²) in [6.07, 6.45) is 2.52. The minimum Gasteiger partial charge on any atom is -0.491 e. The molecule has 0 aliphatic carbocycles. The monoisotopic (exact) mass is 218 g/mol. The Bertz CT molecular complexity index is 348.